The first kappa shape index (κ1) is 23.7. The zero-order valence-corrected chi connectivity index (χ0v) is 20.4. The van der Waals surface area contributed by atoms with Crippen LogP contribution in [0.15, 0.2) is 59.6 Å². The van der Waals surface area contributed by atoms with Crippen molar-refractivity contribution in [3.63, 3.8) is 0 Å². The molecule has 1 aliphatic rings. The lowest BCUT2D eigenvalue weighted by atomic mass is 10.0. The fourth-order valence-corrected chi connectivity index (χ4v) is 4.89. The maximum Gasteiger partial charge on any atom is 0.305 e. The van der Waals surface area contributed by atoms with Crippen LogP contribution in [0, 0.1) is 6.92 Å². The number of carbonyl (C=O) groups excluding carboxylic acids is 1. The fourth-order valence-electron chi connectivity index (χ4n) is 3.59. The van der Waals surface area contributed by atoms with E-state index in [1.54, 1.807) is 10.8 Å². The van der Waals surface area contributed by atoms with Gasteiger partial charge in [-0.2, -0.15) is 5.10 Å². The Hall–Kier alpha value is -3.43. The Morgan fingerprint density at radius 3 is 2.68 bits per heavy atom. The molecule has 4 rings (SSSR count). The molecule has 2 heterocycles. The largest absolute Gasteiger partial charge is 0.494 e. The van der Waals surface area contributed by atoms with Crippen molar-refractivity contribution in [2.45, 2.75) is 20.3 Å². The van der Waals surface area contributed by atoms with E-state index in [0.29, 0.717) is 21.5 Å². The van der Waals surface area contributed by atoms with E-state index in [1.807, 2.05) is 68.6 Å². The van der Waals surface area contributed by atoms with Crippen molar-refractivity contribution in [1.82, 2.24) is 14.7 Å². The molecule has 0 radical (unpaired) electrons. The molecule has 0 aliphatic carbocycles. The molecule has 0 atom stereocenters. The molecule has 1 saturated heterocycles. The number of ether oxygens (including phenoxy) is 1. The number of thioether (sulfide) groups is 1. The molecule has 7 nitrogen and oxygen atoms in total. The highest BCUT2D eigenvalue weighted by atomic mass is 32.2. The first-order valence-electron chi connectivity index (χ1n) is 10.7. The molecule has 0 spiro atoms. The first-order valence-corrected chi connectivity index (χ1v) is 12.0. The van der Waals surface area contributed by atoms with Crippen LogP contribution in [0.25, 0.3) is 23.0 Å². The molecule has 3 aromatic rings. The van der Waals surface area contributed by atoms with Crippen molar-refractivity contribution in [2.75, 3.05) is 13.2 Å². The van der Waals surface area contributed by atoms with E-state index in [-0.39, 0.29) is 18.9 Å². The average Bonchev–Trinajstić information content (AvgIpc) is 3.35. The number of aliphatic carboxylic acids is 1. The number of thiocarbonyl (C=S) groups is 1. The fraction of sp³-hybridized carbons (Fsp3) is 0.200. The van der Waals surface area contributed by atoms with Gasteiger partial charge in [0.25, 0.3) is 5.91 Å². The zero-order chi connectivity index (χ0) is 24.2. The van der Waals surface area contributed by atoms with Gasteiger partial charge >= 0.3 is 5.97 Å². The topological polar surface area (TPSA) is 84.7 Å². The van der Waals surface area contributed by atoms with Gasteiger partial charge in [0.15, 0.2) is 0 Å². The number of rotatable bonds is 8. The predicted octanol–water partition coefficient (Wildman–Crippen LogP) is 4.92. The molecule has 0 saturated carbocycles. The standard InChI is InChI=1S/C25H23N3O4S2/c1-3-32-20-10-9-17(13-16(20)2)23-18(15-28(26-23)19-7-5-4-6-8-19)14-21-24(31)27(25(33)34-21)12-11-22(29)30/h4-10,13-15H,3,11-12H2,1-2H3,(H,29,30)/b21-14-. The summed E-state index contributed by atoms with van der Waals surface area (Å²) < 4.78 is 7.80. The normalized spacial score (nSPS) is 14.8. The summed E-state index contributed by atoms with van der Waals surface area (Å²) in [5, 5.41) is 13.8. The lowest BCUT2D eigenvalue weighted by Crippen LogP contribution is -2.30. The monoisotopic (exact) mass is 493 g/mol. The van der Waals surface area contributed by atoms with Gasteiger partial charge in [-0.1, -0.05) is 42.2 Å². The molecule has 1 N–H and O–H groups in total. The van der Waals surface area contributed by atoms with Crippen molar-refractivity contribution in [3.05, 3.63) is 70.8 Å². The minimum atomic E-state index is -0.977. The Labute approximate surface area is 207 Å². The molecular formula is C25H23N3O4S2. The van der Waals surface area contributed by atoms with Gasteiger partial charge in [0.1, 0.15) is 15.8 Å². The van der Waals surface area contributed by atoms with Crippen LogP contribution in [0.2, 0.25) is 0 Å². The maximum atomic E-state index is 12.9. The number of aromatic nitrogens is 2. The van der Waals surface area contributed by atoms with Crippen LogP contribution in [0.1, 0.15) is 24.5 Å². The number of carboxylic acids is 1. The Bertz CT molecular complexity index is 1280. The summed E-state index contributed by atoms with van der Waals surface area (Å²) in [6.45, 7) is 4.55. The highest BCUT2D eigenvalue weighted by Crippen LogP contribution is 2.35. The predicted molar refractivity (Wildman–Crippen MR) is 137 cm³/mol. The van der Waals surface area contributed by atoms with E-state index >= 15 is 0 Å². The summed E-state index contributed by atoms with van der Waals surface area (Å²) in [7, 11) is 0. The van der Waals surface area contributed by atoms with Crippen molar-refractivity contribution < 1.29 is 19.4 Å². The second kappa shape index (κ2) is 10.2. The zero-order valence-electron chi connectivity index (χ0n) is 18.7. The summed E-state index contributed by atoms with van der Waals surface area (Å²) in [6, 6.07) is 15.6. The number of carboxylic acid groups (broad SMARTS) is 1. The van der Waals surface area contributed by atoms with Gasteiger partial charge in [-0.25, -0.2) is 4.68 Å². The molecule has 0 bridgehead atoms. The van der Waals surface area contributed by atoms with E-state index in [9.17, 15) is 9.59 Å². The second-order valence-corrected chi connectivity index (χ2v) is 9.28. The third-order valence-corrected chi connectivity index (χ3v) is 6.60. The smallest absolute Gasteiger partial charge is 0.305 e. The molecule has 1 aliphatic heterocycles. The van der Waals surface area contributed by atoms with E-state index < -0.39 is 5.97 Å². The van der Waals surface area contributed by atoms with Gasteiger partial charge in [-0.15, -0.1) is 0 Å². The van der Waals surface area contributed by atoms with Crippen LogP contribution in [0.3, 0.4) is 0 Å². The Balaban J connectivity index is 1.75. The summed E-state index contributed by atoms with van der Waals surface area (Å²) >= 11 is 6.50. The molecule has 1 aromatic heterocycles. The van der Waals surface area contributed by atoms with Crippen LogP contribution >= 0.6 is 24.0 Å². The van der Waals surface area contributed by atoms with Crippen LogP contribution in [0.4, 0.5) is 0 Å². The van der Waals surface area contributed by atoms with E-state index in [1.165, 1.54) is 16.7 Å². The summed E-state index contributed by atoms with van der Waals surface area (Å²) in [4.78, 5) is 25.7. The highest BCUT2D eigenvalue weighted by Gasteiger charge is 2.32. The van der Waals surface area contributed by atoms with Gasteiger partial charge in [0.2, 0.25) is 0 Å². The number of benzene rings is 2. The molecular weight excluding hydrogens is 470 g/mol. The number of hydrogen-bond acceptors (Lipinski definition) is 6. The van der Waals surface area contributed by atoms with Gasteiger partial charge in [-0.3, -0.25) is 14.5 Å². The van der Waals surface area contributed by atoms with Crippen LogP contribution in [-0.4, -0.2) is 49.1 Å². The van der Waals surface area contributed by atoms with Crippen molar-refractivity contribution >= 4 is 46.3 Å². The number of aryl methyl sites for hydroxylation is 1. The maximum absolute atomic E-state index is 12.9. The van der Waals surface area contributed by atoms with E-state index in [0.717, 1.165) is 28.1 Å². The third-order valence-electron chi connectivity index (χ3n) is 5.22. The summed E-state index contributed by atoms with van der Waals surface area (Å²) in [5.41, 5.74) is 4.24. The Morgan fingerprint density at radius 1 is 1.24 bits per heavy atom. The quantitative estimate of drug-likeness (QED) is 0.352. The number of hydrogen-bond donors (Lipinski definition) is 1. The van der Waals surface area contributed by atoms with Gasteiger partial charge < -0.3 is 9.84 Å². The Morgan fingerprint density at radius 2 is 2.00 bits per heavy atom. The molecule has 1 amide bonds. The van der Waals surface area contributed by atoms with Crippen LogP contribution in [0.5, 0.6) is 5.75 Å². The number of para-hydroxylation sites is 1. The second-order valence-electron chi connectivity index (χ2n) is 7.60. The first-order chi connectivity index (χ1) is 16.4. The molecule has 34 heavy (non-hydrogen) atoms. The molecule has 9 heteroatoms. The highest BCUT2D eigenvalue weighted by molar-refractivity contribution is 8.26. The van der Waals surface area contributed by atoms with E-state index in [2.05, 4.69) is 0 Å². The molecule has 174 valence electrons. The molecule has 2 aromatic carbocycles. The number of amides is 1. The average molecular weight is 494 g/mol. The van der Waals surface area contributed by atoms with E-state index in [4.69, 9.17) is 27.2 Å². The van der Waals surface area contributed by atoms with Gasteiger partial charge in [-0.05, 0) is 55.8 Å². The summed E-state index contributed by atoms with van der Waals surface area (Å²) in [5.74, 6) is -0.456. The van der Waals surface area contributed by atoms with Gasteiger partial charge in [0.05, 0.1) is 23.6 Å². The Kier molecular flexibility index (Phi) is 7.14. The van der Waals surface area contributed by atoms with Crippen LogP contribution < -0.4 is 4.74 Å². The molecule has 0 unspecified atom stereocenters. The van der Waals surface area contributed by atoms with Crippen molar-refractivity contribution in [1.29, 1.82) is 0 Å². The SMILES string of the molecule is CCOc1ccc(-c2nn(-c3ccccc3)cc2/C=C2\SC(=S)N(CCC(=O)O)C2=O)cc1C. The van der Waals surface area contributed by atoms with Crippen LogP contribution in [-0.2, 0) is 9.59 Å². The third kappa shape index (κ3) is 5.05. The lowest BCUT2D eigenvalue weighted by Gasteiger charge is -2.12. The number of nitrogens with zero attached hydrogens (tertiary/aromatic N) is 3. The van der Waals surface area contributed by atoms with Crippen molar-refractivity contribution in [3.8, 4) is 22.7 Å². The lowest BCUT2D eigenvalue weighted by molar-refractivity contribution is -0.137. The minimum Gasteiger partial charge on any atom is -0.494 e. The summed E-state index contributed by atoms with van der Waals surface area (Å²) in [6.07, 6.45) is 3.48. The van der Waals surface area contributed by atoms with Crippen molar-refractivity contribution in [2.24, 2.45) is 0 Å². The number of carbonyl (C=O) groups is 2. The molecule has 1 fully saturated rings. The van der Waals surface area contributed by atoms with Gasteiger partial charge in [0, 0.05) is 23.9 Å². The minimum absolute atomic E-state index is 0.0472.